The van der Waals surface area contributed by atoms with Gasteiger partial charge in [-0.05, 0) is 37.5 Å². The van der Waals surface area contributed by atoms with Gasteiger partial charge in [0.1, 0.15) is 6.10 Å². The van der Waals surface area contributed by atoms with Gasteiger partial charge >= 0.3 is 11.8 Å². The highest BCUT2D eigenvalue weighted by Crippen LogP contribution is 2.38. The summed E-state index contributed by atoms with van der Waals surface area (Å²) in [6.07, 6.45) is 3.84. The normalized spacial score (nSPS) is 22.2. The molecule has 3 rings (SSSR count). The molecule has 0 radical (unpaired) electrons. The van der Waals surface area contributed by atoms with Gasteiger partial charge < -0.3 is 20.1 Å². The van der Waals surface area contributed by atoms with Crippen molar-refractivity contribution >= 4 is 17.5 Å². The second-order valence-electron chi connectivity index (χ2n) is 6.20. The molecule has 1 saturated carbocycles. The minimum absolute atomic E-state index is 0.191. The fourth-order valence-corrected chi connectivity index (χ4v) is 3.09. The van der Waals surface area contributed by atoms with Gasteiger partial charge in [0, 0.05) is 25.1 Å². The van der Waals surface area contributed by atoms with E-state index in [-0.39, 0.29) is 12.6 Å². The Bertz CT molecular complexity index is 596. The Morgan fingerprint density at radius 2 is 2.04 bits per heavy atom. The predicted molar refractivity (Wildman–Crippen MR) is 84.8 cm³/mol. The number of hydrogen-bond donors (Lipinski definition) is 2. The third kappa shape index (κ3) is 3.89. The Kier molecular flexibility index (Phi) is 4.63. The number of amides is 2. The van der Waals surface area contributed by atoms with Gasteiger partial charge in [0.25, 0.3) is 0 Å². The van der Waals surface area contributed by atoms with Crippen molar-refractivity contribution < 1.29 is 19.1 Å². The number of hydrogen-bond acceptors (Lipinski definition) is 4. The van der Waals surface area contributed by atoms with Crippen LogP contribution in [0.25, 0.3) is 0 Å². The van der Waals surface area contributed by atoms with Crippen LogP contribution in [0.1, 0.15) is 31.2 Å². The lowest BCUT2D eigenvalue weighted by Crippen LogP contribution is -2.40. The number of nitrogens with one attached hydrogen (secondary N) is 2. The third-order valence-corrected chi connectivity index (χ3v) is 4.25. The highest BCUT2D eigenvalue weighted by molar-refractivity contribution is 6.39. The molecular weight excluding hydrogens is 296 g/mol. The first-order valence-corrected chi connectivity index (χ1v) is 8.04. The Morgan fingerprint density at radius 3 is 2.78 bits per heavy atom. The molecule has 124 valence electrons. The number of rotatable bonds is 3. The molecule has 6 heteroatoms. The van der Waals surface area contributed by atoms with Gasteiger partial charge in [0.15, 0.2) is 5.79 Å². The van der Waals surface area contributed by atoms with Gasteiger partial charge in [-0.3, -0.25) is 9.59 Å². The van der Waals surface area contributed by atoms with Crippen molar-refractivity contribution in [3.05, 3.63) is 29.8 Å². The Hall–Kier alpha value is -1.92. The molecule has 1 aromatic rings. The molecule has 1 aromatic carbocycles. The lowest BCUT2D eigenvalue weighted by atomic mass is 10.2. The van der Waals surface area contributed by atoms with Crippen LogP contribution in [-0.4, -0.2) is 36.9 Å². The van der Waals surface area contributed by atoms with Gasteiger partial charge in [0.2, 0.25) is 0 Å². The molecule has 0 bridgehead atoms. The lowest BCUT2D eigenvalue weighted by molar-refractivity contribution is -0.161. The zero-order valence-electron chi connectivity index (χ0n) is 13.3. The maximum Gasteiger partial charge on any atom is 0.313 e. The van der Waals surface area contributed by atoms with E-state index >= 15 is 0 Å². The van der Waals surface area contributed by atoms with Gasteiger partial charge in [-0.2, -0.15) is 0 Å². The SMILES string of the molecule is Cc1cccc(NC(=O)C(=O)NCC2COC3(CCCC3)O2)c1. The standard InChI is InChI=1S/C17H22N2O4/c1-12-5-4-6-13(9-12)19-16(21)15(20)18-10-14-11-22-17(23-14)7-2-3-8-17/h4-6,9,14H,2-3,7-8,10-11H2,1H3,(H,18,20)(H,19,21). The summed E-state index contributed by atoms with van der Waals surface area (Å²) in [6, 6.07) is 7.30. The summed E-state index contributed by atoms with van der Waals surface area (Å²) in [5, 5.41) is 5.19. The van der Waals surface area contributed by atoms with Crippen LogP contribution in [0.4, 0.5) is 5.69 Å². The first kappa shape index (κ1) is 16.0. The zero-order valence-corrected chi connectivity index (χ0v) is 13.3. The molecule has 1 aliphatic carbocycles. The van der Waals surface area contributed by atoms with Crippen molar-refractivity contribution in [3.63, 3.8) is 0 Å². The van der Waals surface area contributed by atoms with Crippen LogP contribution in [0.5, 0.6) is 0 Å². The number of ether oxygens (including phenoxy) is 2. The van der Waals surface area contributed by atoms with Crippen LogP contribution in [-0.2, 0) is 19.1 Å². The summed E-state index contributed by atoms with van der Waals surface area (Å²) in [4.78, 5) is 23.8. The molecular formula is C17H22N2O4. The van der Waals surface area contributed by atoms with Crippen molar-refractivity contribution in [2.75, 3.05) is 18.5 Å². The van der Waals surface area contributed by atoms with E-state index in [0.717, 1.165) is 31.2 Å². The minimum atomic E-state index is -0.676. The van der Waals surface area contributed by atoms with Gasteiger partial charge in [0.05, 0.1) is 6.61 Å². The average Bonchev–Trinajstić information content (AvgIpc) is 3.15. The number of benzene rings is 1. The van der Waals surface area contributed by atoms with E-state index in [9.17, 15) is 9.59 Å². The highest BCUT2D eigenvalue weighted by atomic mass is 16.7. The molecule has 1 spiro atoms. The van der Waals surface area contributed by atoms with Gasteiger partial charge in [-0.25, -0.2) is 0 Å². The molecule has 1 aliphatic heterocycles. The Labute approximate surface area is 135 Å². The third-order valence-electron chi connectivity index (χ3n) is 4.25. The smallest absolute Gasteiger partial charge is 0.313 e. The maximum atomic E-state index is 11.9. The summed E-state index contributed by atoms with van der Waals surface area (Å²) >= 11 is 0. The molecule has 1 unspecified atom stereocenters. The van der Waals surface area contributed by atoms with Crippen LogP contribution >= 0.6 is 0 Å². The van der Waals surface area contributed by atoms with Crippen LogP contribution in [0.2, 0.25) is 0 Å². The van der Waals surface area contributed by atoms with Crippen molar-refractivity contribution in [2.45, 2.75) is 44.5 Å². The molecule has 1 saturated heterocycles. The second kappa shape index (κ2) is 6.68. The highest BCUT2D eigenvalue weighted by Gasteiger charge is 2.43. The summed E-state index contributed by atoms with van der Waals surface area (Å²) in [5.74, 6) is -1.79. The van der Waals surface area contributed by atoms with Crippen LogP contribution in [0, 0.1) is 6.92 Å². The van der Waals surface area contributed by atoms with Gasteiger partial charge in [-0.1, -0.05) is 12.1 Å². The Balaban J connectivity index is 1.45. The van der Waals surface area contributed by atoms with E-state index in [2.05, 4.69) is 10.6 Å². The molecule has 0 aromatic heterocycles. The van der Waals surface area contributed by atoms with Crippen LogP contribution < -0.4 is 10.6 Å². The van der Waals surface area contributed by atoms with Crippen molar-refractivity contribution in [1.82, 2.24) is 5.32 Å². The summed E-state index contributed by atoms with van der Waals surface area (Å²) in [5.41, 5.74) is 1.62. The molecule has 6 nitrogen and oxygen atoms in total. The summed E-state index contributed by atoms with van der Waals surface area (Å²) in [7, 11) is 0. The fourth-order valence-electron chi connectivity index (χ4n) is 3.09. The van der Waals surface area contributed by atoms with Gasteiger partial charge in [-0.15, -0.1) is 0 Å². The van der Waals surface area contributed by atoms with E-state index in [4.69, 9.17) is 9.47 Å². The van der Waals surface area contributed by atoms with E-state index in [0.29, 0.717) is 12.3 Å². The van der Waals surface area contributed by atoms with E-state index in [1.165, 1.54) is 0 Å². The van der Waals surface area contributed by atoms with Crippen molar-refractivity contribution in [3.8, 4) is 0 Å². The first-order valence-electron chi connectivity index (χ1n) is 8.04. The number of carbonyl (C=O) groups is 2. The number of aryl methyl sites for hydroxylation is 1. The number of carbonyl (C=O) groups excluding carboxylic acids is 2. The molecule has 2 N–H and O–H groups in total. The topological polar surface area (TPSA) is 76.7 Å². The summed E-state index contributed by atoms with van der Waals surface area (Å²) in [6.45, 7) is 2.66. The zero-order chi connectivity index (χ0) is 16.3. The fraction of sp³-hybridized carbons (Fsp3) is 0.529. The largest absolute Gasteiger partial charge is 0.347 e. The average molecular weight is 318 g/mol. The minimum Gasteiger partial charge on any atom is -0.347 e. The quantitative estimate of drug-likeness (QED) is 0.832. The lowest BCUT2D eigenvalue weighted by Gasteiger charge is -2.21. The first-order chi connectivity index (χ1) is 11.1. The Morgan fingerprint density at radius 1 is 1.26 bits per heavy atom. The van der Waals surface area contributed by atoms with Crippen molar-refractivity contribution in [2.24, 2.45) is 0 Å². The molecule has 2 fully saturated rings. The maximum absolute atomic E-state index is 11.9. The molecule has 1 heterocycles. The van der Waals surface area contributed by atoms with E-state index in [1.54, 1.807) is 6.07 Å². The second-order valence-corrected chi connectivity index (χ2v) is 6.20. The van der Waals surface area contributed by atoms with Crippen LogP contribution in [0.15, 0.2) is 24.3 Å². The molecule has 23 heavy (non-hydrogen) atoms. The molecule has 2 aliphatic rings. The van der Waals surface area contributed by atoms with Crippen molar-refractivity contribution in [1.29, 1.82) is 0 Å². The summed E-state index contributed by atoms with van der Waals surface area (Å²) < 4.78 is 11.6. The molecule has 1 atom stereocenters. The molecule has 2 amide bonds. The van der Waals surface area contributed by atoms with E-state index < -0.39 is 17.6 Å². The predicted octanol–water partition coefficient (Wildman–Crippen LogP) is 1.74. The number of anilines is 1. The monoisotopic (exact) mass is 318 g/mol. The van der Waals surface area contributed by atoms with E-state index in [1.807, 2.05) is 25.1 Å². The van der Waals surface area contributed by atoms with Crippen LogP contribution in [0.3, 0.4) is 0 Å².